The van der Waals surface area contributed by atoms with Crippen LogP contribution in [0.3, 0.4) is 0 Å². The molecule has 0 spiro atoms. The molecule has 2 heterocycles. The summed E-state index contributed by atoms with van der Waals surface area (Å²) in [6, 6.07) is 9.92. The van der Waals surface area contributed by atoms with Gasteiger partial charge in [-0.05, 0) is 31.5 Å². The van der Waals surface area contributed by atoms with Gasteiger partial charge in [-0.25, -0.2) is 8.42 Å². The molecule has 124 valence electrons. The Hall–Kier alpha value is -1.70. The van der Waals surface area contributed by atoms with E-state index in [0.717, 1.165) is 31.5 Å². The molecule has 1 fully saturated rings. The summed E-state index contributed by atoms with van der Waals surface area (Å²) >= 11 is 0. The van der Waals surface area contributed by atoms with Crippen LogP contribution >= 0.6 is 0 Å². The molecule has 0 radical (unpaired) electrons. The SMILES string of the molecule is CN(C1CCNCC1)S(=O)(=O)c1cnn(Cc2ccccc2)c1. The van der Waals surface area contributed by atoms with Crippen LogP contribution in [0.2, 0.25) is 0 Å². The summed E-state index contributed by atoms with van der Waals surface area (Å²) in [5, 5.41) is 7.46. The second-order valence-electron chi connectivity index (χ2n) is 5.86. The lowest BCUT2D eigenvalue weighted by molar-refractivity contribution is 0.296. The van der Waals surface area contributed by atoms with Gasteiger partial charge in [0.1, 0.15) is 4.90 Å². The van der Waals surface area contributed by atoms with Gasteiger partial charge < -0.3 is 5.32 Å². The van der Waals surface area contributed by atoms with Crippen LogP contribution in [0.4, 0.5) is 0 Å². The van der Waals surface area contributed by atoms with Crippen LogP contribution in [-0.2, 0) is 16.6 Å². The largest absolute Gasteiger partial charge is 0.317 e. The summed E-state index contributed by atoms with van der Waals surface area (Å²) in [4.78, 5) is 0.259. The van der Waals surface area contributed by atoms with Crippen molar-refractivity contribution in [1.82, 2.24) is 19.4 Å². The Morgan fingerprint density at radius 1 is 1.26 bits per heavy atom. The van der Waals surface area contributed by atoms with Crippen LogP contribution in [0.5, 0.6) is 0 Å². The normalized spacial score (nSPS) is 16.8. The third kappa shape index (κ3) is 3.63. The van der Waals surface area contributed by atoms with Crippen LogP contribution in [0.25, 0.3) is 0 Å². The van der Waals surface area contributed by atoms with E-state index in [-0.39, 0.29) is 10.9 Å². The number of rotatable bonds is 5. The number of hydrogen-bond donors (Lipinski definition) is 1. The fourth-order valence-electron chi connectivity index (χ4n) is 2.87. The maximum Gasteiger partial charge on any atom is 0.246 e. The van der Waals surface area contributed by atoms with Gasteiger partial charge in [0.25, 0.3) is 0 Å². The third-order valence-corrected chi connectivity index (χ3v) is 6.16. The Labute approximate surface area is 137 Å². The lowest BCUT2D eigenvalue weighted by Crippen LogP contribution is -2.43. The molecule has 2 aromatic rings. The molecule has 1 aliphatic rings. The Bertz CT molecular complexity index is 736. The molecule has 0 amide bonds. The smallest absolute Gasteiger partial charge is 0.246 e. The number of sulfonamides is 1. The van der Waals surface area contributed by atoms with Crippen LogP contribution in [0, 0.1) is 0 Å². The highest BCUT2D eigenvalue weighted by atomic mass is 32.2. The highest BCUT2D eigenvalue weighted by molar-refractivity contribution is 7.89. The number of hydrogen-bond acceptors (Lipinski definition) is 4. The van der Waals surface area contributed by atoms with E-state index in [2.05, 4.69) is 10.4 Å². The first-order chi connectivity index (χ1) is 11.1. The molecule has 7 heteroatoms. The quantitative estimate of drug-likeness (QED) is 0.895. The van der Waals surface area contributed by atoms with E-state index in [1.807, 2.05) is 30.3 Å². The van der Waals surface area contributed by atoms with Crippen molar-refractivity contribution >= 4 is 10.0 Å². The van der Waals surface area contributed by atoms with Gasteiger partial charge >= 0.3 is 0 Å². The number of nitrogens with zero attached hydrogens (tertiary/aromatic N) is 3. The van der Waals surface area contributed by atoms with E-state index in [9.17, 15) is 8.42 Å². The molecule has 3 rings (SSSR count). The zero-order valence-electron chi connectivity index (χ0n) is 13.2. The summed E-state index contributed by atoms with van der Waals surface area (Å²) in [5.74, 6) is 0. The molecular weight excluding hydrogens is 312 g/mol. The standard InChI is InChI=1S/C16H22N4O2S/c1-19(15-7-9-17-10-8-15)23(21,22)16-11-18-20(13-16)12-14-5-3-2-4-6-14/h2-6,11,13,15,17H,7-10,12H2,1H3. The molecule has 0 atom stereocenters. The van der Waals surface area contributed by atoms with Crippen LogP contribution < -0.4 is 5.32 Å². The first-order valence-corrected chi connectivity index (χ1v) is 9.26. The molecule has 1 aromatic carbocycles. The number of aromatic nitrogens is 2. The minimum absolute atomic E-state index is 0.0544. The number of piperidine rings is 1. The van der Waals surface area contributed by atoms with Crippen molar-refractivity contribution in [3.63, 3.8) is 0 Å². The first-order valence-electron chi connectivity index (χ1n) is 7.82. The fourth-order valence-corrected chi connectivity index (χ4v) is 4.24. The van der Waals surface area contributed by atoms with E-state index < -0.39 is 10.0 Å². The minimum Gasteiger partial charge on any atom is -0.317 e. The summed E-state index contributed by atoms with van der Waals surface area (Å²) in [6.07, 6.45) is 4.73. The van der Waals surface area contributed by atoms with E-state index in [1.165, 1.54) is 10.5 Å². The minimum atomic E-state index is -3.49. The van der Waals surface area contributed by atoms with Crippen molar-refractivity contribution in [3.05, 3.63) is 48.3 Å². The van der Waals surface area contributed by atoms with Gasteiger partial charge in [-0.3, -0.25) is 4.68 Å². The molecular formula is C16H22N4O2S. The van der Waals surface area contributed by atoms with Gasteiger partial charge in [0.2, 0.25) is 10.0 Å². The summed E-state index contributed by atoms with van der Waals surface area (Å²) in [5.41, 5.74) is 1.09. The van der Waals surface area contributed by atoms with E-state index in [1.54, 1.807) is 17.9 Å². The Morgan fingerprint density at radius 2 is 1.96 bits per heavy atom. The van der Waals surface area contributed by atoms with E-state index >= 15 is 0 Å². The predicted octanol–water partition coefficient (Wildman–Crippen LogP) is 1.30. The molecule has 0 bridgehead atoms. The van der Waals surface area contributed by atoms with Crippen LogP contribution in [0.15, 0.2) is 47.6 Å². The number of nitrogens with one attached hydrogen (secondary N) is 1. The summed E-state index contributed by atoms with van der Waals surface area (Å²) < 4.78 is 28.7. The molecule has 0 unspecified atom stereocenters. The third-order valence-electron chi connectivity index (χ3n) is 4.30. The van der Waals surface area contributed by atoms with Crippen molar-refractivity contribution in [2.24, 2.45) is 0 Å². The lowest BCUT2D eigenvalue weighted by Gasteiger charge is -2.30. The zero-order chi connectivity index (χ0) is 16.3. The topological polar surface area (TPSA) is 67.2 Å². The highest BCUT2D eigenvalue weighted by Gasteiger charge is 2.29. The predicted molar refractivity (Wildman–Crippen MR) is 88.6 cm³/mol. The molecule has 0 saturated carbocycles. The van der Waals surface area contributed by atoms with E-state index in [4.69, 9.17) is 0 Å². The van der Waals surface area contributed by atoms with Crippen molar-refractivity contribution in [2.45, 2.75) is 30.3 Å². The molecule has 1 N–H and O–H groups in total. The lowest BCUT2D eigenvalue weighted by atomic mass is 10.1. The van der Waals surface area contributed by atoms with Gasteiger partial charge in [0.15, 0.2) is 0 Å². The van der Waals surface area contributed by atoms with Gasteiger partial charge in [0, 0.05) is 19.3 Å². The molecule has 1 saturated heterocycles. The highest BCUT2D eigenvalue weighted by Crippen LogP contribution is 2.20. The van der Waals surface area contributed by atoms with Gasteiger partial charge in [0.05, 0.1) is 12.7 Å². The Balaban J connectivity index is 1.75. The van der Waals surface area contributed by atoms with Crippen molar-refractivity contribution in [3.8, 4) is 0 Å². The van der Waals surface area contributed by atoms with Crippen LogP contribution in [-0.4, -0.2) is 48.7 Å². The Kier molecular flexibility index (Phi) is 4.79. The molecule has 23 heavy (non-hydrogen) atoms. The molecule has 6 nitrogen and oxygen atoms in total. The second kappa shape index (κ2) is 6.82. The molecule has 1 aliphatic heterocycles. The van der Waals surface area contributed by atoms with Crippen molar-refractivity contribution < 1.29 is 8.42 Å². The maximum absolute atomic E-state index is 12.7. The van der Waals surface area contributed by atoms with Gasteiger partial charge in [-0.15, -0.1) is 0 Å². The van der Waals surface area contributed by atoms with E-state index in [0.29, 0.717) is 6.54 Å². The van der Waals surface area contributed by atoms with Crippen molar-refractivity contribution in [1.29, 1.82) is 0 Å². The molecule has 1 aromatic heterocycles. The molecule has 0 aliphatic carbocycles. The van der Waals surface area contributed by atoms with Crippen LogP contribution in [0.1, 0.15) is 18.4 Å². The average molecular weight is 334 g/mol. The summed E-state index contributed by atoms with van der Waals surface area (Å²) in [6.45, 7) is 2.28. The first kappa shape index (κ1) is 16.2. The second-order valence-corrected chi connectivity index (χ2v) is 7.86. The Morgan fingerprint density at radius 3 is 2.65 bits per heavy atom. The fraction of sp³-hybridized carbons (Fsp3) is 0.438. The number of benzene rings is 1. The summed E-state index contributed by atoms with van der Waals surface area (Å²) in [7, 11) is -1.82. The monoisotopic (exact) mass is 334 g/mol. The average Bonchev–Trinajstić information content (AvgIpc) is 3.05. The van der Waals surface area contributed by atoms with Gasteiger partial charge in [-0.1, -0.05) is 30.3 Å². The maximum atomic E-state index is 12.7. The van der Waals surface area contributed by atoms with Gasteiger partial charge in [-0.2, -0.15) is 9.40 Å². The zero-order valence-corrected chi connectivity index (χ0v) is 14.0. The van der Waals surface area contributed by atoms with Crippen molar-refractivity contribution in [2.75, 3.05) is 20.1 Å².